The van der Waals surface area contributed by atoms with Crippen LogP contribution < -0.4 is 75.3 Å². The van der Waals surface area contributed by atoms with Crippen molar-refractivity contribution in [3.05, 3.63) is 90.3 Å². The summed E-state index contributed by atoms with van der Waals surface area (Å²) in [6.45, 7) is 7.27. The predicted octanol–water partition coefficient (Wildman–Crippen LogP) is -2.78. The number of nitrogens with two attached hydrogens (primary N) is 2. The molecule has 8 rings (SSSR count). The van der Waals surface area contributed by atoms with Crippen molar-refractivity contribution in [1.29, 1.82) is 0 Å². The van der Waals surface area contributed by atoms with Gasteiger partial charge in [0.1, 0.15) is 72.5 Å². The van der Waals surface area contributed by atoms with Gasteiger partial charge >= 0.3 is 11.9 Å². The van der Waals surface area contributed by atoms with Gasteiger partial charge in [-0.1, -0.05) is 64.1 Å². The highest BCUT2D eigenvalue weighted by atomic mass is 32.2. The summed E-state index contributed by atoms with van der Waals surface area (Å²) in [6, 6.07) is -0.855. The van der Waals surface area contributed by atoms with E-state index in [1.807, 2.05) is 0 Å². The summed E-state index contributed by atoms with van der Waals surface area (Å²) in [5.41, 5.74) is 13.8. The first-order chi connectivity index (χ1) is 55.5. The molecule has 0 aliphatic carbocycles. The van der Waals surface area contributed by atoms with E-state index in [-0.39, 0.29) is 55.8 Å². The fraction of sp³-hybridized carbons (Fsp3) is 0.487. The van der Waals surface area contributed by atoms with Crippen molar-refractivity contribution < 1.29 is 96.8 Å². The van der Waals surface area contributed by atoms with Crippen molar-refractivity contribution in [3.8, 4) is 0 Å². The van der Waals surface area contributed by atoms with E-state index in [1.165, 1.54) is 32.7 Å². The number of rotatable bonds is 20. The highest BCUT2D eigenvalue weighted by molar-refractivity contribution is 8.01. The zero-order valence-corrected chi connectivity index (χ0v) is 67.8. The predicted molar refractivity (Wildman–Crippen MR) is 428 cm³/mol. The number of likely N-dealkylation sites (N-methyl/N-ethyl adjacent to an activating group) is 1. The van der Waals surface area contributed by atoms with Gasteiger partial charge in [0.15, 0.2) is 0 Å². The molecule has 15 amide bonds. The third-order valence-corrected chi connectivity index (χ3v) is 22.7. The zero-order valence-electron chi connectivity index (χ0n) is 65.3. The molecule has 38 nitrogen and oxygen atoms in total. The van der Waals surface area contributed by atoms with Gasteiger partial charge in [-0.3, -0.25) is 81.5 Å². The van der Waals surface area contributed by atoms with E-state index < -0.39 is 235 Å². The molecule has 13 atom stereocenters. The quantitative estimate of drug-likeness (QED) is 0.0375. The number of aromatic nitrogens is 2. The first-order valence-corrected chi connectivity index (χ1v) is 40.8. The van der Waals surface area contributed by atoms with E-state index in [9.17, 15) is 87.2 Å². The molecule has 2 aromatic heterocycles. The minimum Gasteiger partial charge on any atom is -0.481 e. The van der Waals surface area contributed by atoms with Crippen LogP contribution in [0.25, 0.3) is 21.8 Å². The lowest BCUT2D eigenvalue weighted by atomic mass is 9.99. The van der Waals surface area contributed by atoms with Gasteiger partial charge < -0.3 is 110 Å². The van der Waals surface area contributed by atoms with E-state index in [0.29, 0.717) is 42.7 Å². The third kappa shape index (κ3) is 25.8. The Hall–Kier alpha value is -11.3. The fourth-order valence-electron chi connectivity index (χ4n) is 13.1. The van der Waals surface area contributed by atoms with Crippen LogP contribution in [0.15, 0.2) is 93.8 Å². The summed E-state index contributed by atoms with van der Waals surface area (Å²) in [7, 11) is 1.35. The number of aliphatic hydroxyl groups excluding tert-OH is 1. The smallest absolute Gasteiger partial charge is 0.305 e. The standard InChI is InChI=1S/C76H100N18O20S3/c1-36(2)62-74(112)86-52(28-61(101)102)67(105)81-31-57(96)83-50(23-40-29-79-47-15-10-8-13-45(40)47)69(107)91-63(37(3)4)76(114)94-22-12-17-56(94)73(111)87-53(65(78)103)33-115-42-25-43-27-44(26-42)117-35-55(88-66(104)38(5)82-58(97)32-93(7)59(98)20-21-77)72(110)92-64(39(6)95)75(113)84-49(18-19-60(99)100)68(106)89-54(34-116-43)71(109)85-51(70(108)90-62)24-41-30-80-48-16-11-9-14-46(41)48/h8-11,13-16,25-27,29-30,36-39,49-56,62-64,79-80,95H,12,17-24,28,31-35,77H2,1-7H3,(H2,78,103)(H,81,105)(H,82,97)(H,83,96)(H,84,113)(H,85,109)(H,86,112)(H,87,111)(H,88,104)(H,89,106)(H,90,108)(H,91,107)(H,92,110)(H,99,100)(H,101,102)/t38-,39+,49-,50-,51-,52-,53-,54-,55-,56-,62-,63-,64-/m0/s1. The number of nitrogens with one attached hydrogen (secondary N) is 14. The minimum atomic E-state index is -1.97. The lowest BCUT2D eigenvalue weighted by Gasteiger charge is -2.32. The van der Waals surface area contributed by atoms with Crippen LogP contribution in [-0.2, 0) is 94.3 Å². The molecule has 4 bridgehead atoms. The second-order valence-electron chi connectivity index (χ2n) is 29.3. The number of carbonyl (C=O) groups excluding carboxylic acids is 15. The Bertz CT molecular complexity index is 4560. The number of hydrogen-bond donors (Lipinski definition) is 19. The maximum absolute atomic E-state index is 15.5. The Morgan fingerprint density at radius 3 is 1.68 bits per heavy atom. The first-order valence-electron chi connectivity index (χ1n) is 37.9. The van der Waals surface area contributed by atoms with E-state index >= 15 is 9.59 Å². The molecule has 0 saturated carbocycles. The van der Waals surface area contributed by atoms with Crippen molar-refractivity contribution in [3.63, 3.8) is 0 Å². The first kappa shape index (κ1) is 91.2. The van der Waals surface area contributed by atoms with Crippen molar-refractivity contribution >= 4 is 158 Å². The Labute approximate surface area is 684 Å². The van der Waals surface area contributed by atoms with Crippen LogP contribution in [0.3, 0.4) is 0 Å². The molecule has 41 heteroatoms. The molecule has 0 radical (unpaired) electrons. The number of H-pyrrole nitrogens is 2. The number of aliphatic hydroxyl groups is 1. The SMILES string of the molecule is CC(C)[C@@H]1NC(=O)[C@H](Cc2c[nH]c3ccccc23)NC(=O)[C@@H]2CSc3cc(cc(c3)SC[C@H](NC(=O)[C@H](C)NC(=O)CN(C)C(=O)CCN)C(=O)N[C@@H]([C@@H](C)O)C(=O)N[C@@H](CCC(=O)O)C(=O)N2)SC[C@@H](C(N)=O)NC(=O)[C@@H]2CCCN2C(=O)[C@H](C(C)C)NC(=O)[C@H](Cc2c[nH]c3ccccc23)NC(=O)CNC(=O)[C@H](CC(=O)O)NC1=O. The lowest BCUT2D eigenvalue weighted by molar-refractivity contribution is -0.143. The van der Waals surface area contributed by atoms with Crippen LogP contribution in [0, 0.1) is 11.8 Å². The highest BCUT2D eigenvalue weighted by Gasteiger charge is 2.43. The fourth-order valence-corrected chi connectivity index (χ4v) is 16.4. The minimum absolute atomic E-state index is 0.00433. The van der Waals surface area contributed by atoms with E-state index in [1.54, 1.807) is 93.0 Å². The molecule has 0 unspecified atom stereocenters. The number of thioether (sulfide) groups is 3. The molecule has 117 heavy (non-hydrogen) atoms. The van der Waals surface area contributed by atoms with Crippen LogP contribution in [0.1, 0.15) is 91.2 Å². The number of aliphatic carboxylic acids is 2. The topological polar surface area (TPSA) is 585 Å². The summed E-state index contributed by atoms with van der Waals surface area (Å²) >= 11 is 2.80. The molecule has 3 aliphatic rings. The molecule has 632 valence electrons. The largest absolute Gasteiger partial charge is 0.481 e. The number of benzene rings is 3. The number of amides is 15. The van der Waals surface area contributed by atoms with Gasteiger partial charge in [0.25, 0.3) is 0 Å². The van der Waals surface area contributed by atoms with E-state index in [2.05, 4.69) is 73.8 Å². The van der Waals surface area contributed by atoms with Crippen LogP contribution >= 0.6 is 35.3 Å². The van der Waals surface area contributed by atoms with Gasteiger partial charge in [-0.15, -0.1) is 35.3 Å². The van der Waals surface area contributed by atoms with Gasteiger partial charge in [0, 0.05) is 112 Å². The molecule has 0 spiro atoms. The second-order valence-corrected chi connectivity index (χ2v) is 32.6. The summed E-state index contributed by atoms with van der Waals surface area (Å²) in [5.74, 6) is -20.4. The van der Waals surface area contributed by atoms with Crippen molar-refractivity contribution in [2.24, 2.45) is 23.3 Å². The van der Waals surface area contributed by atoms with Crippen molar-refractivity contribution in [1.82, 2.24) is 83.6 Å². The molecular formula is C76H100N18O20S3. The molecule has 5 aromatic rings. The van der Waals surface area contributed by atoms with Crippen molar-refractivity contribution in [2.75, 3.05) is 50.5 Å². The van der Waals surface area contributed by atoms with Crippen LogP contribution in [0.5, 0.6) is 0 Å². The summed E-state index contributed by atoms with van der Waals surface area (Å²) in [4.78, 5) is 250. The molecule has 3 aromatic carbocycles. The maximum Gasteiger partial charge on any atom is 0.305 e. The molecule has 21 N–H and O–H groups in total. The summed E-state index contributed by atoms with van der Waals surface area (Å²) < 4.78 is 0. The van der Waals surface area contributed by atoms with Gasteiger partial charge in [0.05, 0.1) is 25.6 Å². The van der Waals surface area contributed by atoms with Gasteiger partial charge in [-0.05, 0) is 86.4 Å². The van der Waals surface area contributed by atoms with Crippen LogP contribution in [-0.4, -0.2) is 265 Å². The van der Waals surface area contributed by atoms with E-state index in [4.69, 9.17) is 11.5 Å². The normalized spacial score (nSPS) is 23.7. The van der Waals surface area contributed by atoms with Crippen molar-refractivity contribution in [2.45, 2.75) is 186 Å². The number of fused-ring (bicyclic) bond motifs is 7. The maximum atomic E-state index is 15.5. The number of carboxylic acids is 2. The average Bonchev–Trinajstić information content (AvgIpc) is 1.72. The number of carboxylic acid groups (broad SMARTS) is 2. The van der Waals surface area contributed by atoms with Crippen LogP contribution in [0.4, 0.5) is 0 Å². The number of carbonyl (C=O) groups is 17. The number of aromatic amines is 2. The molecule has 1 fully saturated rings. The van der Waals surface area contributed by atoms with Gasteiger partial charge in [-0.2, -0.15) is 0 Å². The second kappa shape index (κ2) is 42.5. The molecule has 3 aliphatic heterocycles. The average molecular weight is 1680 g/mol. The number of nitrogens with zero attached hydrogens (tertiary/aromatic N) is 2. The summed E-state index contributed by atoms with van der Waals surface area (Å²) in [5, 5.41) is 63.1. The van der Waals surface area contributed by atoms with Gasteiger partial charge in [-0.25, -0.2) is 0 Å². The van der Waals surface area contributed by atoms with E-state index in [0.717, 1.165) is 47.1 Å². The Balaban J connectivity index is 1.23. The Kier molecular flexibility index (Phi) is 33.2. The highest BCUT2D eigenvalue weighted by Crippen LogP contribution is 2.34. The third-order valence-electron chi connectivity index (χ3n) is 19.5. The van der Waals surface area contributed by atoms with Gasteiger partial charge in [0.2, 0.25) is 88.6 Å². The molecular weight excluding hydrogens is 1580 g/mol. The molecule has 1 saturated heterocycles. The Morgan fingerprint density at radius 1 is 0.581 bits per heavy atom. The lowest BCUT2D eigenvalue weighted by Crippen LogP contribution is -2.62. The van der Waals surface area contributed by atoms with Crippen LogP contribution in [0.2, 0.25) is 0 Å². The Morgan fingerprint density at radius 2 is 1.11 bits per heavy atom. The summed E-state index contributed by atoms with van der Waals surface area (Å²) in [6.07, 6.45) is -1.43. The number of hydrogen-bond acceptors (Lipinski definition) is 22. The number of primary amides is 1. The molecule has 5 heterocycles. The number of para-hydroxylation sites is 2. The zero-order chi connectivity index (χ0) is 85.6. The monoisotopic (exact) mass is 1680 g/mol.